The van der Waals surface area contributed by atoms with Gasteiger partial charge in [-0.2, -0.15) is 0 Å². The van der Waals surface area contributed by atoms with Gasteiger partial charge in [0.25, 0.3) is 6.47 Å². The summed E-state index contributed by atoms with van der Waals surface area (Å²) in [5.74, 6) is 0.954. The van der Waals surface area contributed by atoms with Gasteiger partial charge in [-0.05, 0) is 19.0 Å². The SMILES string of the molecule is CC1CNC1.O=CO. The molecule has 0 spiro atoms. The van der Waals surface area contributed by atoms with Gasteiger partial charge >= 0.3 is 0 Å². The molecule has 48 valence electrons. The minimum Gasteiger partial charge on any atom is -0.483 e. The quantitative estimate of drug-likeness (QED) is 0.436. The molecule has 2 N–H and O–H groups in total. The molecule has 3 heteroatoms. The second-order valence-electron chi connectivity index (χ2n) is 1.87. The molecule has 0 aromatic heterocycles. The summed E-state index contributed by atoms with van der Waals surface area (Å²) in [5, 5.41) is 10.0. The van der Waals surface area contributed by atoms with Gasteiger partial charge in [-0.3, -0.25) is 4.79 Å². The molecule has 1 aliphatic heterocycles. The van der Waals surface area contributed by atoms with E-state index in [1.165, 1.54) is 13.1 Å². The number of rotatable bonds is 0. The largest absolute Gasteiger partial charge is 0.483 e. The summed E-state index contributed by atoms with van der Waals surface area (Å²) in [6.07, 6.45) is 0. The predicted octanol–water partition coefficient (Wildman–Crippen LogP) is -0.0735. The van der Waals surface area contributed by atoms with Crippen LogP contribution >= 0.6 is 0 Å². The summed E-state index contributed by atoms with van der Waals surface area (Å²) in [6, 6.07) is 0. The van der Waals surface area contributed by atoms with Crippen LogP contribution in [0.5, 0.6) is 0 Å². The minimum atomic E-state index is -0.250. The first-order chi connectivity index (χ1) is 3.81. The Bertz CT molecular complexity index is 61.4. The number of carboxylic acid groups (broad SMARTS) is 1. The minimum absolute atomic E-state index is 0.250. The topological polar surface area (TPSA) is 49.3 Å². The van der Waals surface area contributed by atoms with Crippen LogP contribution in [-0.2, 0) is 4.79 Å². The molecule has 1 aliphatic rings. The number of nitrogens with one attached hydrogen (secondary N) is 1. The standard InChI is InChI=1S/C4H9N.CH2O2/c1-4-2-5-3-4;2-1-3/h4-5H,2-3H2,1H3;1H,(H,2,3). The lowest BCUT2D eigenvalue weighted by molar-refractivity contribution is -0.122. The first-order valence-corrected chi connectivity index (χ1v) is 2.59. The van der Waals surface area contributed by atoms with Crippen LogP contribution in [0.15, 0.2) is 0 Å². The van der Waals surface area contributed by atoms with Crippen molar-refractivity contribution in [3.05, 3.63) is 0 Å². The third-order valence-electron chi connectivity index (χ3n) is 0.986. The maximum Gasteiger partial charge on any atom is 0.290 e. The van der Waals surface area contributed by atoms with Crippen LogP contribution in [0, 0.1) is 5.92 Å². The highest BCUT2D eigenvalue weighted by Gasteiger charge is 2.07. The zero-order valence-electron chi connectivity index (χ0n) is 4.92. The van der Waals surface area contributed by atoms with E-state index < -0.39 is 0 Å². The Morgan fingerprint density at radius 3 is 2.00 bits per heavy atom. The third kappa shape index (κ3) is 3.61. The highest BCUT2D eigenvalue weighted by molar-refractivity contribution is 5.32. The Kier molecular flexibility index (Phi) is 4.26. The summed E-state index contributed by atoms with van der Waals surface area (Å²) < 4.78 is 0. The first-order valence-electron chi connectivity index (χ1n) is 2.59. The fraction of sp³-hybridized carbons (Fsp3) is 0.800. The molecule has 0 bridgehead atoms. The molecular formula is C5H11NO2. The summed E-state index contributed by atoms with van der Waals surface area (Å²) in [5.41, 5.74) is 0. The van der Waals surface area contributed by atoms with Crippen molar-refractivity contribution in [1.29, 1.82) is 0 Å². The molecular weight excluding hydrogens is 106 g/mol. The van der Waals surface area contributed by atoms with E-state index in [4.69, 9.17) is 9.90 Å². The Labute approximate surface area is 48.7 Å². The van der Waals surface area contributed by atoms with E-state index in [2.05, 4.69) is 12.2 Å². The van der Waals surface area contributed by atoms with Gasteiger partial charge in [-0.15, -0.1) is 0 Å². The Balaban J connectivity index is 0.000000145. The van der Waals surface area contributed by atoms with Crippen LogP contribution in [-0.4, -0.2) is 24.7 Å². The summed E-state index contributed by atoms with van der Waals surface area (Å²) in [4.78, 5) is 8.36. The van der Waals surface area contributed by atoms with E-state index in [-0.39, 0.29) is 6.47 Å². The van der Waals surface area contributed by atoms with Gasteiger partial charge in [0.1, 0.15) is 0 Å². The van der Waals surface area contributed by atoms with E-state index in [1.54, 1.807) is 0 Å². The Morgan fingerprint density at radius 1 is 1.75 bits per heavy atom. The van der Waals surface area contributed by atoms with Crippen molar-refractivity contribution in [3.8, 4) is 0 Å². The van der Waals surface area contributed by atoms with Gasteiger partial charge in [0.15, 0.2) is 0 Å². The molecule has 0 aromatic carbocycles. The molecule has 1 rings (SSSR count). The van der Waals surface area contributed by atoms with Crippen molar-refractivity contribution in [1.82, 2.24) is 5.32 Å². The molecule has 0 unspecified atom stereocenters. The van der Waals surface area contributed by atoms with Crippen molar-refractivity contribution in [2.24, 2.45) is 5.92 Å². The lowest BCUT2D eigenvalue weighted by atomic mass is 10.1. The molecule has 0 amide bonds. The van der Waals surface area contributed by atoms with Gasteiger partial charge in [0, 0.05) is 0 Å². The van der Waals surface area contributed by atoms with Gasteiger partial charge in [-0.25, -0.2) is 0 Å². The fourth-order valence-corrected chi connectivity index (χ4v) is 0.433. The smallest absolute Gasteiger partial charge is 0.290 e. The average molecular weight is 117 g/mol. The molecule has 0 radical (unpaired) electrons. The lowest BCUT2D eigenvalue weighted by Gasteiger charge is -2.21. The predicted molar refractivity (Wildman–Crippen MR) is 30.7 cm³/mol. The Hall–Kier alpha value is -0.570. The molecule has 8 heavy (non-hydrogen) atoms. The zero-order valence-corrected chi connectivity index (χ0v) is 4.92. The van der Waals surface area contributed by atoms with Crippen molar-refractivity contribution in [2.45, 2.75) is 6.92 Å². The van der Waals surface area contributed by atoms with Crippen LogP contribution in [0.3, 0.4) is 0 Å². The highest BCUT2D eigenvalue weighted by atomic mass is 16.3. The number of hydrogen-bond acceptors (Lipinski definition) is 2. The van der Waals surface area contributed by atoms with Crippen molar-refractivity contribution >= 4 is 6.47 Å². The molecule has 0 atom stereocenters. The molecule has 1 heterocycles. The molecule has 1 saturated heterocycles. The van der Waals surface area contributed by atoms with Gasteiger partial charge in [0.2, 0.25) is 0 Å². The van der Waals surface area contributed by atoms with Crippen LogP contribution in [0.2, 0.25) is 0 Å². The average Bonchev–Trinajstić information content (AvgIpc) is 1.64. The monoisotopic (exact) mass is 117 g/mol. The van der Waals surface area contributed by atoms with Crippen molar-refractivity contribution in [2.75, 3.05) is 13.1 Å². The summed E-state index contributed by atoms with van der Waals surface area (Å²) in [6.45, 7) is 4.47. The third-order valence-corrected chi connectivity index (χ3v) is 0.986. The van der Waals surface area contributed by atoms with Crippen molar-refractivity contribution in [3.63, 3.8) is 0 Å². The van der Waals surface area contributed by atoms with Crippen LogP contribution in [0.25, 0.3) is 0 Å². The zero-order chi connectivity index (χ0) is 6.41. The second kappa shape index (κ2) is 4.59. The lowest BCUT2D eigenvalue weighted by Crippen LogP contribution is -2.39. The number of hydrogen-bond donors (Lipinski definition) is 2. The summed E-state index contributed by atoms with van der Waals surface area (Å²) >= 11 is 0. The van der Waals surface area contributed by atoms with E-state index >= 15 is 0 Å². The maximum atomic E-state index is 8.36. The van der Waals surface area contributed by atoms with Crippen LogP contribution in [0.1, 0.15) is 6.92 Å². The maximum absolute atomic E-state index is 8.36. The first kappa shape index (κ1) is 7.43. The van der Waals surface area contributed by atoms with Crippen LogP contribution < -0.4 is 5.32 Å². The molecule has 0 aromatic rings. The molecule has 0 saturated carbocycles. The molecule has 1 fully saturated rings. The van der Waals surface area contributed by atoms with Crippen LogP contribution in [0.4, 0.5) is 0 Å². The van der Waals surface area contributed by atoms with Gasteiger partial charge in [0.05, 0.1) is 0 Å². The summed E-state index contributed by atoms with van der Waals surface area (Å²) in [7, 11) is 0. The van der Waals surface area contributed by atoms with E-state index in [0.717, 1.165) is 5.92 Å². The van der Waals surface area contributed by atoms with Crippen molar-refractivity contribution < 1.29 is 9.90 Å². The van der Waals surface area contributed by atoms with Gasteiger partial charge < -0.3 is 10.4 Å². The normalized spacial score (nSPS) is 17.6. The fourth-order valence-electron chi connectivity index (χ4n) is 0.433. The Morgan fingerprint density at radius 2 is 2.00 bits per heavy atom. The van der Waals surface area contributed by atoms with Gasteiger partial charge in [-0.1, -0.05) is 6.92 Å². The molecule has 3 nitrogen and oxygen atoms in total. The van der Waals surface area contributed by atoms with E-state index in [0.29, 0.717) is 0 Å². The molecule has 0 aliphatic carbocycles. The van der Waals surface area contributed by atoms with E-state index in [1.807, 2.05) is 0 Å². The van der Waals surface area contributed by atoms with E-state index in [9.17, 15) is 0 Å². The second-order valence-corrected chi connectivity index (χ2v) is 1.87. The highest BCUT2D eigenvalue weighted by Crippen LogP contribution is 1.96. The number of carbonyl (C=O) groups is 1.